The Balaban J connectivity index is 0.976. The number of nitrogens with one attached hydrogen (secondary N) is 3. The first kappa shape index (κ1) is 21.5. The van der Waals surface area contributed by atoms with Gasteiger partial charge < -0.3 is 21.1 Å². The third-order valence-electron chi connectivity index (χ3n) is 9.67. The number of carbonyl (C=O) groups excluding carboxylic acids is 1. The average Bonchev–Trinajstić information content (AvgIpc) is 3.39. The Labute approximate surface area is 210 Å². The zero-order valence-electron chi connectivity index (χ0n) is 20.0. The van der Waals surface area contributed by atoms with Gasteiger partial charge in [-0.1, -0.05) is 24.3 Å². The van der Waals surface area contributed by atoms with E-state index >= 15 is 0 Å². The molecule has 36 heavy (non-hydrogen) atoms. The van der Waals surface area contributed by atoms with Crippen LogP contribution in [0.25, 0.3) is 0 Å². The van der Waals surface area contributed by atoms with E-state index in [0.717, 1.165) is 29.1 Å². The zero-order chi connectivity index (χ0) is 24.5. The zero-order valence-corrected chi connectivity index (χ0v) is 20.0. The summed E-state index contributed by atoms with van der Waals surface area (Å²) in [6, 6.07) is 22.2. The van der Waals surface area contributed by atoms with Gasteiger partial charge >= 0.3 is 12.0 Å². The number of carboxylic acids is 1. The highest BCUT2D eigenvalue weighted by atomic mass is 16.4. The Hall–Kier alpha value is -3.80. The van der Waals surface area contributed by atoms with Gasteiger partial charge in [-0.25, -0.2) is 9.59 Å². The fourth-order valence-corrected chi connectivity index (χ4v) is 8.42. The lowest BCUT2D eigenvalue weighted by atomic mass is 9.29. The minimum atomic E-state index is -0.986. The van der Waals surface area contributed by atoms with Crippen LogP contribution in [-0.2, 0) is 5.41 Å². The van der Waals surface area contributed by atoms with Crippen LogP contribution in [0.3, 0.4) is 0 Å². The quantitative estimate of drug-likeness (QED) is 0.311. The fraction of sp³-hybridized carbons (Fsp3) is 0.333. The highest BCUT2D eigenvalue weighted by Crippen LogP contribution is 2.86. The first-order chi connectivity index (χ1) is 17.5. The molecule has 0 radical (unpaired) electrons. The van der Waals surface area contributed by atoms with E-state index < -0.39 is 5.97 Å². The van der Waals surface area contributed by atoms with Crippen molar-refractivity contribution in [3.63, 3.8) is 0 Å². The molecule has 0 aromatic heterocycles. The Morgan fingerprint density at radius 2 is 1.33 bits per heavy atom. The number of urea groups is 1. The molecular weight excluding hydrogens is 450 g/mol. The molecule has 6 nitrogen and oxygen atoms in total. The molecule has 4 aliphatic carbocycles. The fourth-order valence-electron chi connectivity index (χ4n) is 8.42. The number of hydrogen-bond acceptors (Lipinski definition) is 3. The summed E-state index contributed by atoms with van der Waals surface area (Å²) in [4.78, 5) is 24.0. The Morgan fingerprint density at radius 3 is 1.94 bits per heavy atom. The second-order valence-corrected chi connectivity index (χ2v) is 11.2. The van der Waals surface area contributed by atoms with E-state index in [1.165, 1.54) is 37.7 Å². The second kappa shape index (κ2) is 7.60. The number of carbonyl (C=O) groups is 2. The molecule has 1 spiro atoms. The van der Waals surface area contributed by atoms with Gasteiger partial charge in [0.15, 0.2) is 0 Å². The second-order valence-electron chi connectivity index (χ2n) is 11.2. The van der Waals surface area contributed by atoms with Gasteiger partial charge in [-0.2, -0.15) is 0 Å². The van der Waals surface area contributed by atoms with Crippen LogP contribution in [0.5, 0.6) is 0 Å². The topological polar surface area (TPSA) is 90.5 Å². The van der Waals surface area contributed by atoms with E-state index in [2.05, 4.69) is 28.1 Å². The number of carboxylic acid groups (broad SMARTS) is 1. The van der Waals surface area contributed by atoms with Crippen molar-refractivity contribution in [3.8, 4) is 0 Å². The predicted octanol–water partition coefficient (Wildman–Crippen LogP) is 6.85. The number of rotatable bonds is 6. The van der Waals surface area contributed by atoms with Crippen molar-refractivity contribution in [2.24, 2.45) is 23.2 Å². The number of para-hydroxylation sites is 1. The van der Waals surface area contributed by atoms with Crippen LogP contribution in [0.4, 0.5) is 27.5 Å². The molecule has 3 aromatic carbocycles. The molecule has 6 heteroatoms. The van der Waals surface area contributed by atoms with E-state index in [4.69, 9.17) is 0 Å². The molecule has 2 amide bonds. The Bertz CT molecular complexity index is 1350. The molecular formula is C30H29N3O3. The van der Waals surface area contributed by atoms with Crippen molar-refractivity contribution in [1.29, 1.82) is 0 Å². The molecule has 2 unspecified atom stereocenters. The SMILES string of the molecule is O=C(Nc1ccc(Nc2ccccc2C(=O)O)cc1)Nc1ccc(C23CC4CC5CC(C2)C43C5)cc1. The summed E-state index contributed by atoms with van der Waals surface area (Å²) in [5, 5.41) is 18.3. The third kappa shape index (κ3) is 2.96. The number of amides is 2. The van der Waals surface area contributed by atoms with Crippen LogP contribution in [0.1, 0.15) is 48.0 Å². The Kier molecular flexibility index (Phi) is 4.53. The summed E-state index contributed by atoms with van der Waals surface area (Å²) in [5.74, 6) is 1.93. The van der Waals surface area contributed by atoms with Crippen molar-refractivity contribution in [1.82, 2.24) is 0 Å². The van der Waals surface area contributed by atoms with E-state index in [9.17, 15) is 14.7 Å². The molecule has 3 aromatic rings. The molecule has 2 bridgehead atoms. The minimum absolute atomic E-state index is 0.203. The molecule has 0 heterocycles. The summed E-state index contributed by atoms with van der Waals surface area (Å²) in [6.07, 6.45) is 7.10. The number of benzene rings is 3. The minimum Gasteiger partial charge on any atom is -0.478 e. The molecule has 0 aliphatic heterocycles. The van der Waals surface area contributed by atoms with E-state index in [0.29, 0.717) is 22.2 Å². The van der Waals surface area contributed by atoms with Gasteiger partial charge in [0.1, 0.15) is 0 Å². The normalized spacial score (nSPS) is 30.5. The van der Waals surface area contributed by atoms with Crippen molar-refractivity contribution in [2.75, 3.05) is 16.0 Å². The maximum atomic E-state index is 12.6. The first-order valence-corrected chi connectivity index (χ1v) is 12.8. The maximum absolute atomic E-state index is 12.6. The predicted molar refractivity (Wildman–Crippen MR) is 140 cm³/mol. The lowest BCUT2D eigenvalue weighted by molar-refractivity contribution is -0.205. The summed E-state index contributed by atoms with van der Waals surface area (Å²) in [5.41, 5.74) is 5.38. The van der Waals surface area contributed by atoms with Gasteiger partial charge in [0, 0.05) is 22.5 Å². The third-order valence-corrected chi connectivity index (χ3v) is 9.67. The van der Waals surface area contributed by atoms with Gasteiger partial charge in [0.05, 0.1) is 11.3 Å². The number of aromatic carboxylic acids is 1. The van der Waals surface area contributed by atoms with Gasteiger partial charge in [0.2, 0.25) is 0 Å². The number of anilines is 4. The van der Waals surface area contributed by atoms with Gasteiger partial charge in [-0.3, -0.25) is 0 Å². The highest BCUT2D eigenvalue weighted by molar-refractivity contribution is 6.00. The van der Waals surface area contributed by atoms with Gasteiger partial charge in [-0.05, 0) is 109 Å². The van der Waals surface area contributed by atoms with Gasteiger partial charge in [0.25, 0.3) is 0 Å². The molecule has 4 N–H and O–H groups in total. The van der Waals surface area contributed by atoms with E-state index in [-0.39, 0.29) is 11.6 Å². The largest absolute Gasteiger partial charge is 0.478 e. The van der Waals surface area contributed by atoms with Crippen LogP contribution in [-0.4, -0.2) is 17.1 Å². The van der Waals surface area contributed by atoms with Crippen molar-refractivity contribution in [2.45, 2.75) is 37.5 Å². The number of fused-ring (bicyclic) bond motifs is 1. The van der Waals surface area contributed by atoms with Crippen LogP contribution in [0, 0.1) is 23.2 Å². The summed E-state index contributed by atoms with van der Waals surface area (Å²) in [6.45, 7) is 0. The lowest BCUT2D eigenvalue weighted by Gasteiger charge is -2.75. The monoisotopic (exact) mass is 479 g/mol. The smallest absolute Gasteiger partial charge is 0.337 e. The lowest BCUT2D eigenvalue weighted by Crippen LogP contribution is -2.70. The number of hydrogen-bond donors (Lipinski definition) is 4. The molecule has 182 valence electrons. The Morgan fingerprint density at radius 1 is 0.750 bits per heavy atom. The van der Waals surface area contributed by atoms with E-state index in [1.807, 2.05) is 12.1 Å². The maximum Gasteiger partial charge on any atom is 0.337 e. The van der Waals surface area contributed by atoms with Crippen LogP contribution in [0.15, 0.2) is 72.8 Å². The summed E-state index contributed by atoms with van der Waals surface area (Å²) >= 11 is 0. The van der Waals surface area contributed by atoms with Crippen molar-refractivity contribution >= 4 is 34.7 Å². The summed E-state index contributed by atoms with van der Waals surface area (Å²) in [7, 11) is 0. The average molecular weight is 480 g/mol. The summed E-state index contributed by atoms with van der Waals surface area (Å²) < 4.78 is 0. The molecule has 0 saturated heterocycles. The van der Waals surface area contributed by atoms with Crippen LogP contribution in [0.2, 0.25) is 0 Å². The highest BCUT2D eigenvalue weighted by Gasteiger charge is 2.81. The molecule has 4 fully saturated rings. The molecule has 2 atom stereocenters. The van der Waals surface area contributed by atoms with Gasteiger partial charge in [-0.15, -0.1) is 0 Å². The molecule has 4 aliphatic rings. The van der Waals surface area contributed by atoms with Crippen LogP contribution >= 0.6 is 0 Å². The molecule has 7 rings (SSSR count). The van der Waals surface area contributed by atoms with Crippen molar-refractivity contribution < 1.29 is 14.7 Å². The van der Waals surface area contributed by atoms with E-state index in [1.54, 1.807) is 48.5 Å². The first-order valence-electron chi connectivity index (χ1n) is 12.8. The standard InChI is InChI=1S/C30H29N3O3/c34-27(35)25-3-1-2-4-26(25)31-22-9-11-24(12-10-22)33-28(36)32-23-7-5-19(6-8-23)29-16-20-13-18-14-21(17-29)30(20,29)15-18/h1-12,18,20-21,31H,13-17H2,(H,34,35)(H2,32,33,36). The molecule has 4 saturated carbocycles. The van der Waals surface area contributed by atoms with Crippen LogP contribution < -0.4 is 16.0 Å². The van der Waals surface area contributed by atoms with Crippen molar-refractivity contribution in [3.05, 3.63) is 83.9 Å².